The first-order chi connectivity index (χ1) is 11.0. The van der Waals surface area contributed by atoms with Crippen molar-refractivity contribution in [2.45, 2.75) is 45.4 Å². The second-order valence-electron chi connectivity index (χ2n) is 5.30. The number of alkyl halides is 3. The molecule has 3 nitrogen and oxygen atoms in total. The molecule has 0 fully saturated rings. The van der Waals surface area contributed by atoms with Crippen molar-refractivity contribution >= 4 is 0 Å². The van der Waals surface area contributed by atoms with Crippen LogP contribution in [0.25, 0.3) is 11.4 Å². The molecule has 0 aliphatic carbocycles. The molecule has 0 aliphatic rings. The minimum absolute atomic E-state index is 0.256. The van der Waals surface area contributed by atoms with E-state index in [-0.39, 0.29) is 5.75 Å². The van der Waals surface area contributed by atoms with Gasteiger partial charge in [-0.05, 0) is 42.7 Å². The van der Waals surface area contributed by atoms with Crippen LogP contribution in [0.5, 0.6) is 5.75 Å². The second kappa shape index (κ2) is 7.94. The molecule has 2 aromatic rings. The van der Waals surface area contributed by atoms with E-state index in [9.17, 15) is 13.2 Å². The van der Waals surface area contributed by atoms with Gasteiger partial charge < -0.3 is 4.74 Å². The van der Waals surface area contributed by atoms with Gasteiger partial charge in [-0.1, -0.05) is 26.2 Å². The van der Waals surface area contributed by atoms with Crippen LogP contribution in [-0.2, 0) is 6.42 Å². The number of halogens is 3. The molecule has 124 valence electrons. The van der Waals surface area contributed by atoms with Gasteiger partial charge in [-0.3, -0.25) is 0 Å². The summed E-state index contributed by atoms with van der Waals surface area (Å²) in [6.07, 6.45) is 4.53. The van der Waals surface area contributed by atoms with Crippen molar-refractivity contribution in [1.82, 2.24) is 9.97 Å². The van der Waals surface area contributed by atoms with E-state index in [1.807, 2.05) is 0 Å². The average Bonchev–Trinajstić information content (AvgIpc) is 2.52. The van der Waals surface area contributed by atoms with E-state index in [0.29, 0.717) is 11.4 Å². The highest BCUT2D eigenvalue weighted by Gasteiger charge is 2.30. The van der Waals surface area contributed by atoms with Gasteiger partial charge in [0.15, 0.2) is 5.82 Å². The van der Waals surface area contributed by atoms with E-state index in [0.717, 1.165) is 18.4 Å². The first-order valence-electron chi connectivity index (χ1n) is 7.65. The smallest absolute Gasteiger partial charge is 0.406 e. The maximum absolute atomic E-state index is 12.1. The summed E-state index contributed by atoms with van der Waals surface area (Å²) >= 11 is 0. The first kappa shape index (κ1) is 17.2. The first-order valence-corrected chi connectivity index (χ1v) is 7.65. The maximum atomic E-state index is 12.1. The Labute approximate surface area is 133 Å². The van der Waals surface area contributed by atoms with E-state index in [2.05, 4.69) is 21.6 Å². The van der Waals surface area contributed by atoms with Crippen LogP contribution in [0.4, 0.5) is 13.2 Å². The molecule has 2 rings (SSSR count). The summed E-state index contributed by atoms with van der Waals surface area (Å²) in [7, 11) is 0. The Kier molecular flexibility index (Phi) is 5.96. The molecule has 0 spiro atoms. The predicted molar refractivity (Wildman–Crippen MR) is 82.0 cm³/mol. The van der Waals surface area contributed by atoms with Gasteiger partial charge in [-0.2, -0.15) is 0 Å². The Balaban J connectivity index is 1.96. The third-order valence-corrected chi connectivity index (χ3v) is 3.37. The normalized spacial score (nSPS) is 11.5. The number of benzene rings is 1. The maximum Gasteiger partial charge on any atom is 0.573 e. The molecule has 0 saturated carbocycles. The summed E-state index contributed by atoms with van der Waals surface area (Å²) in [4.78, 5) is 8.56. The SMILES string of the molecule is CCCCCCc1cnc(-c2ccc(OC(F)(F)F)cc2)nc1. The monoisotopic (exact) mass is 324 g/mol. The molecule has 0 saturated heterocycles. The van der Waals surface area contributed by atoms with Crippen molar-refractivity contribution < 1.29 is 17.9 Å². The molecule has 1 heterocycles. The van der Waals surface area contributed by atoms with Crippen LogP contribution in [0.3, 0.4) is 0 Å². The Hall–Kier alpha value is -2.11. The molecule has 23 heavy (non-hydrogen) atoms. The molecule has 0 bridgehead atoms. The lowest BCUT2D eigenvalue weighted by Gasteiger charge is -2.09. The van der Waals surface area contributed by atoms with Gasteiger partial charge in [-0.25, -0.2) is 9.97 Å². The predicted octanol–water partition coefficient (Wildman–Crippen LogP) is 5.17. The number of rotatable bonds is 7. The lowest BCUT2D eigenvalue weighted by atomic mass is 10.1. The van der Waals surface area contributed by atoms with Crippen LogP contribution in [0.2, 0.25) is 0 Å². The zero-order valence-corrected chi connectivity index (χ0v) is 12.9. The van der Waals surface area contributed by atoms with Gasteiger partial charge in [0.25, 0.3) is 0 Å². The lowest BCUT2D eigenvalue weighted by molar-refractivity contribution is -0.274. The standard InChI is InChI=1S/C17H19F3N2O/c1-2-3-4-5-6-13-11-21-16(22-12-13)14-7-9-15(10-8-14)23-17(18,19)20/h7-12H,2-6H2,1H3. The highest BCUT2D eigenvalue weighted by Crippen LogP contribution is 2.25. The Morgan fingerprint density at radius 2 is 1.61 bits per heavy atom. The van der Waals surface area contributed by atoms with Gasteiger partial charge in [0.1, 0.15) is 5.75 Å². The van der Waals surface area contributed by atoms with Gasteiger partial charge in [-0.15, -0.1) is 13.2 Å². The number of aryl methyl sites for hydroxylation is 1. The third-order valence-electron chi connectivity index (χ3n) is 3.37. The topological polar surface area (TPSA) is 35.0 Å². The van der Waals surface area contributed by atoms with Crippen LogP contribution in [-0.4, -0.2) is 16.3 Å². The number of hydrogen-bond donors (Lipinski definition) is 0. The molecule has 0 amide bonds. The van der Waals surface area contributed by atoms with E-state index < -0.39 is 6.36 Å². The van der Waals surface area contributed by atoms with E-state index in [1.54, 1.807) is 12.4 Å². The number of ether oxygens (including phenoxy) is 1. The number of nitrogens with zero attached hydrogens (tertiary/aromatic N) is 2. The van der Waals surface area contributed by atoms with Crippen molar-refractivity contribution in [2.75, 3.05) is 0 Å². The molecule has 6 heteroatoms. The molecular weight excluding hydrogens is 305 g/mol. The summed E-state index contributed by atoms with van der Waals surface area (Å²) in [5.41, 5.74) is 1.72. The molecule has 0 aliphatic heterocycles. The van der Waals surface area contributed by atoms with Gasteiger partial charge in [0.05, 0.1) is 0 Å². The van der Waals surface area contributed by atoms with Crippen molar-refractivity contribution in [3.63, 3.8) is 0 Å². The van der Waals surface area contributed by atoms with Gasteiger partial charge in [0, 0.05) is 18.0 Å². The molecule has 0 unspecified atom stereocenters. The number of hydrogen-bond acceptors (Lipinski definition) is 3. The molecule has 1 aromatic carbocycles. The lowest BCUT2D eigenvalue weighted by Crippen LogP contribution is -2.16. The highest BCUT2D eigenvalue weighted by molar-refractivity contribution is 5.55. The number of aromatic nitrogens is 2. The largest absolute Gasteiger partial charge is 0.573 e. The summed E-state index contributed by atoms with van der Waals surface area (Å²) in [6, 6.07) is 5.53. The summed E-state index contributed by atoms with van der Waals surface area (Å²) in [5, 5.41) is 0. The fraction of sp³-hybridized carbons (Fsp3) is 0.412. The van der Waals surface area contributed by atoms with Gasteiger partial charge >= 0.3 is 6.36 Å². The van der Waals surface area contributed by atoms with E-state index in [4.69, 9.17) is 0 Å². The Bertz CT molecular complexity index is 595. The minimum Gasteiger partial charge on any atom is -0.406 e. The van der Waals surface area contributed by atoms with Crippen molar-refractivity contribution in [2.24, 2.45) is 0 Å². The fourth-order valence-electron chi connectivity index (χ4n) is 2.19. The molecule has 0 atom stereocenters. The summed E-state index contributed by atoms with van der Waals surface area (Å²) in [5.74, 6) is 0.231. The average molecular weight is 324 g/mol. The molecular formula is C17H19F3N2O. The number of unbranched alkanes of at least 4 members (excludes halogenated alkanes) is 3. The molecule has 0 N–H and O–H groups in total. The van der Waals surface area contributed by atoms with E-state index >= 15 is 0 Å². The highest BCUT2D eigenvalue weighted by atomic mass is 19.4. The van der Waals surface area contributed by atoms with Crippen molar-refractivity contribution in [1.29, 1.82) is 0 Å². The molecule has 1 aromatic heterocycles. The minimum atomic E-state index is -4.68. The fourth-order valence-corrected chi connectivity index (χ4v) is 2.19. The van der Waals surface area contributed by atoms with Crippen LogP contribution in [0, 0.1) is 0 Å². The van der Waals surface area contributed by atoms with Crippen LogP contribution < -0.4 is 4.74 Å². The van der Waals surface area contributed by atoms with Crippen molar-refractivity contribution in [3.8, 4) is 17.1 Å². The Morgan fingerprint density at radius 1 is 0.957 bits per heavy atom. The second-order valence-corrected chi connectivity index (χ2v) is 5.30. The Morgan fingerprint density at radius 3 is 2.17 bits per heavy atom. The van der Waals surface area contributed by atoms with E-state index in [1.165, 1.54) is 43.5 Å². The molecule has 0 radical (unpaired) electrons. The summed E-state index contributed by atoms with van der Waals surface area (Å²) < 4.78 is 40.2. The van der Waals surface area contributed by atoms with Crippen molar-refractivity contribution in [3.05, 3.63) is 42.2 Å². The quantitative estimate of drug-likeness (QED) is 0.659. The van der Waals surface area contributed by atoms with Gasteiger partial charge in [0.2, 0.25) is 0 Å². The van der Waals surface area contributed by atoms with Crippen LogP contribution in [0.1, 0.15) is 38.2 Å². The third kappa shape index (κ3) is 5.88. The van der Waals surface area contributed by atoms with Crippen LogP contribution in [0.15, 0.2) is 36.7 Å². The summed E-state index contributed by atoms with van der Waals surface area (Å²) in [6.45, 7) is 2.17. The van der Waals surface area contributed by atoms with Crippen LogP contribution >= 0.6 is 0 Å². The zero-order valence-electron chi connectivity index (χ0n) is 12.9. The zero-order chi connectivity index (χ0) is 16.7.